The Morgan fingerprint density at radius 2 is 1.62 bits per heavy atom. The molecule has 168 valence electrons. The van der Waals surface area contributed by atoms with E-state index in [1.54, 1.807) is 30.0 Å². The van der Waals surface area contributed by atoms with E-state index in [-0.39, 0.29) is 29.9 Å². The smallest absolute Gasteiger partial charge is 0.243 e. The van der Waals surface area contributed by atoms with Gasteiger partial charge in [0.2, 0.25) is 15.9 Å². The molecule has 0 bridgehead atoms. The van der Waals surface area contributed by atoms with E-state index in [0.717, 1.165) is 20.5 Å². The lowest BCUT2D eigenvalue weighted by Crippen LogP contribution is -2.41. The maximum Gasteiger partial charge on any atom is 0.243 e. The van der Waals surface area contributed by atoms with Gasteiger partial charge in [-0.1, -0.05) is 58.4 Å². The molecule has 0 radical (unpaired) electrons. The molecule has 0 heterocycles. The van der Waals surface area contributed by atoms with E-state index in [4.69, 9.17) is 0 Å². The molecular weight excluding hydrogens is 508 g/mol. The molecule has 1 N–H and O–H groups in total. The molecule has 5 nitrogen and oxygen atoms in total. The average Bonchev–Trinajstić information content (AvgIpc) is 2.80. The minimum atomic E-state index is -3.86. The van der Waals surface area contributed by atoms with E-state index in [1.165, 1.54) is 16.4 Å². The Hall–Kier alpha value is -2.13. The van der Waals surface area contributed by atoms with Crippen molar-refractivity contribution in [2.75, 3.05) is 12.8 Å². The standard InChI is InChI=1S/C24H25BrN2O3S2/c1-18(20-10-14-22(31-2)15-11-20)26-24(28)17-27(16-19-8-12-21(25)13-9-19)32(29,30)23-6-4-3-5-7-23/h3-15,18H,16-17H2,1-2H3,(H,26,28)/t18-/m0/s1. The summed E-state index contributed by atoms with van der Waals surface area (Å²) in [7, 11) is -3.86. The van der Waals surface area contributed by atoms with Crippen molar-refractivity contribution in [2.24, 2.45) is 0 Å². The number of amides is 1. The van der Waals surface area contributed by atoms with Crippen molar-refractivity contribution in [2.45, 2.75) is 29.3 Å². The van der Waals surface area contributed by atoms with Crippen molar-refractivity contribution in [1.29, 1.82) is 0 Å². The summed E-state index contributed by atoms with van der Waals surface area (Å²) in [4.78, 5) is 14.2. The van der Waals surface area contributed by atoms with Gasteiger partial charge in [-0.25, -0.2) is 8.42 Å². The van der Waals surface area contributed by atoms with Crippen LogP contribution in [0.25, 0.3) is 0 Å². The Balaban J connectivity index is 1.79. The van der Waals surface area contributed by atoms with Crippen molar-refractivity contribution < 1.29 is 13.2 Å². The summed E-state index contributed by atoms with van der Waals surface area (Å²) in [6.07, 6.45) is 2.01. The van der Waals surface area contributed by atoms with E-state index in [0.29, 0.717) is 0 Å². The van der Waals surface area contributed by atoms with Gasteiger partial charge in [0, 0.05) is 15.9 Å². The van der Waals surface area contributed by atoms with Gasteiger partial charge >= 0.3 is 0 Å². The number of carbonyl (C=O) groups excluding carboxylic acids is 1. The second-order valence-corrected chi connectivity index (χ2v) is 11.0. The van der Waals surface area contributed by atoms with Crippen molar-refractivity contribution in [3.05, 3.63) is 94.5 Å². The van der Waals surface area contributed by atoms with E-state index in [9.17, 15) is 13.2 Å². The predicted octanol–water partition coefficient (Wildman–Crippen LogP) is 5.24. The van der Waals surface area contributed by atoms with Gasteiger partial charge in [-0.2, -0.15) is 4.31 Å². The van der Waals surface area contributed by atoms with Gasteiger partial charge in [0.25, 0.3) is 0 Å². The summed E-state index contributed by atoms with van der Waals surface area (Å²) in [5.74, 6) is -0.358. The zero-order valence-corrected chi connectivity index (χ0v) is 21.1. The second kappa shape index (κ2) is 11.1. The number of thioether (sulfide) groups is 1. The summed E-state index contributed by atoms with van der Waals surface area (Å²) < 4.78 is 28.7. The normalized spacial score (nSPS) is 12.5. The van der Waals surface area contributed by atoms with Crippen LogP contribution in [0.15, 0.2) is 93.1 Å². The molecule has 1 amide bonds. The van der Waals surface area contributed by atoms with Crippen molar-refractivity contribution in [1.82, 2.24) is 9.62 Å². The number of benzene rings is 3. The lowest BCUT2D eigenvalue weighted by Gasteiger charge is -2.23. The number of rotatable bonds is 9. The highest BCUT2D eigenvalue weighted by atomic mass is 79.9. The molecule has 0 fully saturated rings. The molecule has 0 spiro atoms. The minimum absolute atomic E-state index is 0.0920. The summed E-state index contributed by atoms with van der Waals surface area (Å²) in [6, 6.07) is 23.3. The number of nitrogens with one attached hydrogen (secondary N) is 1. The molecule has 1 atom stereocenters. The number of sulfonamides is 1. The Kier molecular flexibility index (Phi) is 8.53. The minimum Gasteiger partial charge on any atom is -0.348 e. The van der Waals surface area contributed by atoms with Gasteiger partial charge in [0.05, 0.1) is 17.5 Å². The SMILES string of the molecule is CSc1ccc([C@H](C)NC(=O)CN(Cc2ccc(Br)cc2)S(=O)(=O)c2ccccc2)cc1. The Morgan fingerprint density at radius 1 is 1.00 bits per heavy atom. The second-order valence-electron chi connectivity index (χ2n) is 7.27. The first-order chi connectivity index (χ1) is 15.3. The van der Waals surface area contributed by atoms with Crippen LogP contribution in [0, 0.1) is 0 Å². The maximum atomic E-state index is 13.3. The van der Waals surface area contributed by atoms with Gasteiger partial charge in [-0.05, 0) is 60.7 Å². The monoisotopic (exact) mass is 532 g/mol. The summed E-state index contributed by atoms with van der Waals surface area (Å²) in [5, 5.41) is 2.92. The van der Waals surface area contributed by atoms with E-state index < -0.39 is 10.0 Å². The highest BCUT2D eigenvalue weighted by Crippen LogP contribution is 2.21. The number of hydrogen-bond donors (Lipinski definition) is 1. The Labute approximate surface area is 202 Å². The highest BCUT2D eigenvalue weighted by molar-refractivity contribution is 9.10. The number of carbonyl (C=O) groups is 1. The molecule has 8 heteroatoms. The fourth-order valence-electron chi connectivity index (χ4n) is 3.18. The van der Waals surface area contributed by atoms with Crippen molar-refractivity contribution in [3.63, 3.8) is 0 Å². The van der Waals surface area contributed by atoms with Gasteiger partial charge in [-0.3, -0.25) is 4.79 Å². The van der Waals surface area contributed by atoms with Crippen molar-refractivity contribution >= 4 is 43.6 Å². The summed E-state index contributed by atoms with van der Waals surface area (Å²) in [6.45, 7) is 1.70. The zero-order chi connectivity index (χ0) is 23.1. The van der Waals surface area contributed by atoms with Crippen LogP contribution in [0.2, 0.25) is 0 Å². The fraction of sp³-hybridized carbons (Fsp3) is 0.208. The van der Waals surface area contributed by atoms with Crippen LogP contribution in [0.5, 0.6) is 0 Å². The zero-order valence-electron chi connectivity index (χ0n) is 17.9. The molecule has 3 rings (SSSR count). The lowest BCUT2D eigenvalue weighted by molar-refractivity contribution is -0.122. The molecule has 0 aliphatic heterocycles. The van der Waals surface area contributed by atoms with Crippen LogP contribution in [0.1, 0.15) is 24.1 Å². The molecule has 3 aromatic carbocycles. The van der Waals surface area contributed by atoms with Crippen LogP contribution in [-0.2, 0) is 21.4 Å². The van der Waals surface area contributed by atoms with Crippen LogP contribution in [0.4, 0.5) is 0 Å². The third-order valence-electron chi connectivity index (χ3n) is 4.97. The van der Waals surface area contributed by atoms with Gasteiger partial charge in [0.15, 0.2) is 0 Å². The molecule has 32 heavy (non-hydrogen) atoms. The largest absolute Gasteiger partial charge is 0.348 e. The topological polar surface area (TPSA) is 66.5 Å². The van der Waals surface area contributed by atoms with Gasteiger partial charge in [0.1, 0.15) is 0 Å². The van der Waals surface area contributed by atoms with E-state index >= 15 is 0 Å². The molecule has 3 aromatic rings. The van der Waals surface area contributed by atoms with Crippen LogP contribution >= 0.6 is 27.7 Å². The third kappa shape index (κ3) is 6.45. The first-order valence-corrected chi connectivity index (χ1v) is 13.5. The molecule has 0 unspecified atom stereocenters. The predicted molar refractivity (Wildman–Crippen MR) is 133 cm³/mol. The molecular formula is C24H25BrN2O3S2. The van der Waals surface area contributed by atoms with E-state index in [1.807, 2.05) is 61.7 Å². The molecule has 0 aromatic heterocycles. The fourth-order valence-corrected chi connectivity index (χ4v) is 5.26. The number of hydrogen-bond acceptors (Lipinski definition) is 4. The van der Waals surface area contributed by atoms with Gasteiger partial charge in [-0.15, -0.1) is 11.8 Å². The molecule has 0 saturated heterocycles. The molecule has 0 aliphatic carbocycles. The molecule has 0 saturated carbocycles. The van der Waals surface area contributed by atoms with Crippen molar-refractivity contribution in [3.8, 4) is 0 Å². The summed E-state index contributed by atoms with van der Waals surface area (Å²) >= 11 is 5.04. The average molecular weight is 534 g/mol. The highest BCUT2D eigenvalue weighted by Gasteiger charge is 2.27. The first kappa shape index (κ1) is 24.5. The van der Waals surface area contributed by atoms with Crippen LogP contribution < -0.4 is 5.32 Å². The first-order valence-electron chi connectivity index (χ1n) is 10.0. The number of nitrogens with zero attached hydrogens (tertiary/aromatic N) is 1. The Morgan fingerprint density at radius 3 is 2.22 bits per heavy atom. The maximum absolute atomic E-state index is 13.3. The quantitative estimate of drug-likeness (QED) is 0.382. The molecule has 0 aliphatic rings. The van der Waals surface area contributed by atoms with Crippen LogP contribution in [-0.4, -0.2) is 31.4 Å². The third-order valence-corrected chi connectivity index (χ3v) is 8.04. The van der Waals surface area contributed by atoms with Gasteiger partial charge < -0.3 is 5.32 Å². The number of halogens is 1. The van der Waals surface area contributed by atoms with Crippen LogP contribution in [0.3, 0.4) is 0 Å². The Bertz CT molecular complexity index is 1140. The van der Waals surface area contributed by atoms with E-state index in [2.05, 4.69) is 21.2 Å². The summed E-state index contributed by atoms with van der Waals surface area (Å²) in [5.41, 5.74) is 1.75. The lowest BCUT2D eigenvalue weighted by atomic mass is 10.1.